The van der Waals surface area contributed by atoms with Gasteiger partial charge in [-0.1, -0.05) is 18.2 Å². The summed E-state index contributed by atoms with van der Waals surface area (Å²) in [6, 6.07) is 4.84. The predicted molar refractivity (Wildman–Crippen MR) is 54.2 cm³/mol. The first-order valence-corrected chi connectivity index (χ1v) is 4.20. The lowest BCUT2D eigenvalue weighted by molar-refractivity contribution is -0.136. The summed E-state index contributed by atoms with van der Waals surface area (Å²) in [5.74, 6) is -0.948. The van der Waals surface area contributed by atoms with Gasteiger partial charge in [0.25, 0.3) is 0 Å². The molecule has 0 fully saturated rings. The van der Waals surface area contributed by atoms with Crippen LogP contribution in [0.2, 0.25) is 0 Å². The Labute approximate surface area is 82.3 Å². The van der Waals surface area contributed by atoms with Gasteiger partial charge in [0, 0.05) is 5.56 Å². The molecule has 14 heavy (non-hydrogen) atoms. The average molecular weight is 192 g/mol. The number of allylic oxidation sites excluding steroid dienone is 1. The third kappa shape index (κ3) is 2.36. The van der Waals surface area contributed by atoms with E-state index < -0.39 is 5.97 Å². The van der Waals surface area contributed by atoms with Crippen LogP contribution in [0.3, 0.4) is 0 Å². The second kappa shape index (κ2) is 3.96. The third-order valence-corrected chi connectivity index (χ3v) is 1.91. The molecule has 0 heterocycles. The number of aliphatic carboxylic acids is 1. The summed E-state index contributed by atoms with van der Waals surface area (Å²) < 4.78 is 0. The minimum atomic E-state index is -0.959. The van der Waals surface area contributed by atoms with Gasteiger partial charge in [0.15, 0.2) is 0 Å². The number of carboxylic acid groups (broad SMARTS) is 1. The molecule has 0 amide bonds. The Bertz CT molecular complexity index is 380. The number of phenolic OH excluding ortho intramolecular Hbond substituents is 1. The van der Waals surface area contributed by atoms with Crippen molar-refractivity contribution in [1.29, 1.82) is 0 Å². The Kier molecular flexibility index (Phi) is 2.92. The fourth-order valence-corrected chi connectivity index (χ4v) is 1.16. The Balaban J connectivity index is 3.08. The van der Waals surface area contributed by atoms with Crippen molar-refractivity contribution < 1.29 is 15.0 Å². The summed E-state index contributed by atoms with van der Waals surface area (Å²) in [6.45, 7) is 5.58. The van der Waals surface area contributed by atoms with E-state index in [1.807, 2.05) is 6.92 Å². The fourth-order valence-electron chi connectivity index (χ4n) is 1.16. The van der Waals surface area contributed by atoms with Crippen molar-refractivity contribution >= 4 is 11.5 Å². The Morgan fingerprint density at radius 3 is 2.64 bits per heavy atom. The van der Waals surface area contributed by atoms with E-state index in [9.17, 15) is 9.90 Å². The van der Waals surface area contributed by atoms with E-state index in [4.69, 9.17) is 5.11 Å². The van der Waals surface area contributed by atoms with E-state index in [1.54, 1.807) is 12.1 Å². The number of carbonyl (C=O) groups is 1. The number of hydrogen-bond acceptors (Lipinski definition) is 2. The van der Waals surface area contributed by atoms with E-state index >= 15 is 0 Å². The van der Waals surface area contributed by atoms with E-state index in [-0.39, 0.29) is 12.2 Å². The highest BCUT2D eigenvalue weighted by molar-refractivity contribution is 5.72. The number of carboxylic acids is 1. The lowest BCUT2D eigenvalue weighted by Gasteiger charge is -2.05. The standard InChI is InChI=1S/C11H12O3/c1-7(2)8-3-4-10(12)9(5-8)6-11(13)14/h3-5,12H,1,6H2,2H3,(H,13,14). The quantitative estimate of drug-likeness (QED) is 0.770. The van der Waals surface area contributed by atoms with Crippen molar-refractivity contribution in [3.05, 3.63) is 35.9 Å². The summed E-state index contributed by atoms with van der Waals surface area (Å²) in [6.07, 6.45) is -0.174. The third-order valence-electron chi connectivity index (χ3n) is 1.91. The van der Waals surface area contributed by atoms with Gasteiger partial charge >= 0.3 is 5.97 Å². The molecule has 0 atom stereocenters. The second-order valence-electron chi connectivity index (χ2n) is 3.19. The van der Waals surface area contributed by atoms with Gasteiger partial charge in [0.05, 0.1) is 6.42 Å². The highest BCUT2D eigenvalue weighted by Crippen LogP contribution is 2.22. The van der Waals surface area contributed by atoms with Crippen LogP contribution in [0, 0.1) is 0 Å². The smallest absolute Gasteiger partial charge is 0.307 e. The molecule has 1 rings (SSSR count). The van der Waals surface area contributed by atoms with Crippen molar-refractivity contribution in [3.8, 4) is 5.75 Å². The largest absolute Gasteiger partial charge is 0.508 e. The molecule has 0 aliphatic carbocycles. The first-order valence-electron chi connectivity index (χ1n) is 4.20. The predicted octanol–water partition coefficient (Wildman–Crippen LogP) is 2.05. The zero-order valence-corrected chi connectivity index (χ0v) is 7.95. The molecule has 3 nitrogen and oxygen atoms in total. The minimum absolute atomic E-state index is 0.0115. The molecule has 3 heteroatoms. The lowest BCUT2D eigenvalue weighted by Crippen LogP contribution is -2.00. The normalized spacial score (nSPS) is 9.79. The molecule has 0 aliphatic heterocycles. The molecular formula is C11H12O3. The molecule has 0 spiro atoms. The van der Waals surface area contributed by atoms with E-state index in [1.165, 1.54) is 6.07 Å². The molecule has 0 aliphatic rings. The first-order chi connectivity index (χ1) is 6.50. The summed E-state index contributed by atoms with van der Waals surface area (Å²) in [5.41, 5.74) is 2.11. The monoisotopic (exact) mass is 192 g/mol. The van der Waals surface area contributed by atoms with Gasteiger partial charge in [-0.05, 0) is 24.6 Å². The maximum atomic E-state index is 10.5. The maximum Gasteiger partial charge on any atom is 0.307 e. The maximum absolute atomic E-state index is 10.5. The molecule has 2 N–H and O–H groups in total. The van der Waals surface area contributed by atoms with Crippen LogP contribution in [0.25, 0.3) is 5.57 Å². The number of benzene rings is 1. The SMILES string of the molecule is C=C(C)c1ccc(O)c(CC(=O)O)c1. The van der Waals surface area contributed by atoms with Crippen molar-refractivity contribution in [1.82, 2.24) is 0 Å². The zero-order chi connectivity index (χ0) is 10.7. The Morgan fingerprint density at radius 2 is 2.14 bits per heavy atom. The molecule has 0 saturated carbocycles. The number of phenols is 1. The van der Waals surface area contributed by atoms with Crippen LogP contribution in [0.5, 0.6) is 5.75 Å². The van der Waals surface area contributed by atoms with Gasteiger partial charge in [0.2, 0.25) is 0 Å². The number of rotatable bonds is 3. The second-order valence-corrected chi connectivity index (χ2v) is 3.19. The van der Waals surface area contributed by atoms with Crippen LogP contribution in [-0.2, 0) is 11.2 Å². The lowest BCUT2D eigenvalue weighted by atomic mass is 10.0. The number of aromatic hydroxyl groups is 1. The van der Waals surface area contributed by atoms with Crippen molar-refractivity contribution in [2.45, 2.75) is 13.3 Å². The van der Waals surface area contributed by atoms with E-state index in [2.05, 4.69) is 6.58 Å². The average Bonchev–Trinajstić information content (AvgIpc) is 2.07. The molecule has 0 unspecified atom stereocenters. The Hall–Kier alpha value is -1.77. The van der Waals surface area contributed by atoms with Crippen molar-refractivity contribution in [2.75, 3.05) is 0 Å². The topological polar surface area (TPSA) is 57.5 Å². The highest BCUT2D eigenvalue weighted by atomic mass is 16.4. The van der Waals surface area contributed by atoms with Gasteiger partial charge in [-0.15, -0.1) is 0 Å². The highest BCUT2D eigenvalue weighted by Gasteiger charge is 2.07. The summed E-state index contributed by atoms with van der Waals surface area (Å²) >= 11 is 0. The fraction of sp³-hybridized carbons (Fsp3) is 0.182. The number of hydrogen-bond donors (Lipinski definition) is 2. The summed E-state index contributed by atoms with van der Waals surface area (Å²) in [4.78, 5) is 10.5. The minimum Gasteiger partial charge on any atom is -0.508 e. The van der Waals surface area contributed by atoms with Gasteiger partial charge in [-0.3, -0.25) is 4.79 Å². The summed E-state index contributed by atoms with van der Waals surface area (Å²) in [7, 11) is 0. The van der Waals surface area contributed by atoms with E-state index in [0.29, 0.717) is 5.56 Å². The van der Waals surface area contributed by atoms with Crippen LogP contribution in [0.4, 0.5) is 0 Å². The molecule has 1 aromatic rings. The zero-order valence-electron chi connectivity index (χ0n) is 7.95. The molecular weight excluding hydrogens is 180 g/mol. The summed E-state index contributed by atoms with van der Waals surface area (Å²) in [5, 5.41) is 18.0. The van der Waals surface area contributed by atoms with Gasteiger partial charge in [-0.25, -0.2) is 0 Å². The molecule has 0 saturated heterocycles. The van der Waals surface area contributed by atoms with Crippen LogP contribution in [-0.4, -0.2) is 16.2 Å². The molecule has 1 aromatic carbocycles. The molecule has 0 aromatic heterocycles. The van der Waals surface area contributed by atoms with E-state index in [0.717, 1.165) is 11.1 Å². The Morgan fingerprint density at radius 1 is 1.50 bits per heavy atom. The first kappa shape index (κ1) is 10.3. The van der Waals surface area contributed by atoms with Crippen LogP contribution in [0.15, 0.2) is 24.8 Å². The van der Waals surface area contributed by atoms with Crippen LogP contribution in [0.1, 0.15) is 18.1 Å². The van der Waals surface area contributed by atoms with Crippen LogP contribution < -0.4 is 0 Å². The van der Waals surface area contributed by atoms with Crippen molar-refractivity contribution in [2.24, 2.45) is 0 Å². The molecule has 0 bridgehead atoms. The van der Waals surface area contributed by atoms with Crippen LogP contribution >= 0.6 is 0 Å². The van der Waals surface area contributed by atoms with Gasteiger partial charge in [0.1, 0.15) is 5.75 Å². The molecule has 74 valence electrons. The van der Waals surface area contributed by atoms with Gasteiger partial charge < -0.3 is 10.2 Å². The van der Waals surface area contributed by atoms with Crippen molar-refractivity contribution in [3.63, 3.8) is 0 Å². The van der Waals surface area contributed by atoms with Gasteiger partial charge in [-0.2, -0.15) is 0 Å². The molecule has 0 radical (unpaired) electrons.